The van der Waals surface area contributed by atoms with E-state index in [1.165, 1.54) is 0 Å². The Morgan fingerprint density at radius 1 is 1.28 bits per heavy atom. The maximum Gasteiger partial charge on any atom is 0.329 e. The number of nitrogen functional groups attached to an aromatic ring is 1. The van der Waals surface area contributed by atoms with Crippen molar-refractivity contribution in [3.8, 4) is 0 Å². The van der Waals surface area contributed by atoms with E-state index in [1.54, 1.807) is 0 Å². The molecule has 0 radical (unpaired) electrons. The highest BCUT2D eigenvalue weighted by Gasteiger charge is 2.47. The van der Waals surface area contributed by atoms with Gasteiger partial charge in [-0.2, -0.15) is 0 Å². The largest absolute Gasteiger partial charge is 0.394 e. The van der Waals surface area contributed by atoms with Crippen molar-refractivity contribution >= 4 is 17.4 Å². The summed E-state index contributed by atoms with van der Waals surface area (Å²) in [6.07, 6.45) is -8.13. The second-order valence-corrected chi connectivity index (χ2v) is 5.67. The lowest BCUT2D eigenvalue weighted by atomic mass is 9.97. The molecular formula is C13H20N4O8. The quantitative estimate of drug-likeness (QED) is 0.310. The number of ether oxygens (including phenoxy) is 1. The zero-order chi connectivity index (χ0) is 19.0. The molecule has 1 aliphatic heterocycles. The van der Waals surface area contributed by atoms with Crippen LogP contribution in [0.25, 0.3) is 0 Å². The van der Waals surface area contributed by atoms with Crippen LogP contribution in [-0.4, -0.2) is 73.1 Å². The van der Waals surface area contributed by atoms with E-state index in [9.17, 15) is 34.8 Å². The number of H-pyrrole nitrogens is 1. The fraction of sp³-hybridized carbons (Fsp3) is 0.615. The van der Waals surface area contributed by atoms with Crippen LogP contribution < -0.4 is 21.9 Å². The number of rotatable bonds is 3. The molecule has 12 nitrogen and oxygen atoms in total. The highest BCUT2D eigenvalue weighted by atomic mass is 16.6. The number of aromatic nitrogens is 2. The Morgan fingerprint density at radius 3 is 2.40 bits per heavy atom. The van der Waals surface area contributed by atoms with Crippen LogP contribution in [0.1, 0.15) is 6.92 Å². The molecule has 25 heavy (non-hydrogen) atoms. The number of hydrogen-bond donors (Lipinski definition) is 6. The standard InChI is InChI=1S/C13H20N4O8/c1-4(19)17(6-10(14)15-13(24)16(2)11(6)23)12-9(22)8(21)7(20)5(3-18)25-12/h5,7-9,12,18,20-22H,3,14H2,1-2H3,(H,15,24)/t5-,7+,8+,9+,12+/m0/s1. The van der Waals surface area contributed by atoms with Gasteiger partial charge >= 0.3 is 5.69 Å². The Labute approximate surface area is 140 Å². The predicted octanol–water partition coefficient (Wildman–Crippen LogP) is -4.19. The summed E-state index contributed by atoms with van der Waals surface area (Å²) in [6.45, 7) is 0.331. The van der Waals surface area contributed by atoms with Crippen LogP contribution in [0.4, 0.5) is 11.5 Å². The number of carbonyl (C=O) groups excluding carboxylic acids is 1. The fourth-order valence-electron chi connectivity index (χ4n) is 2.62. The van der Waals surface area contributed by atoms with Crippen LogP contribution in [0.15, 0.2) is 9.59 Å². The van der Waals surface area contributed by atoms with Crippen molar-refractivity contribution in [1.29, 1.82) is 0 Å². The van der Waals surface area contributed by atoms with Crippen molar-refractivity contribution in [3.63, 3.8) is 0 Å². The maximum absolute atomic E-state index is 12.4. The summed E-state index contributed by atoms with van der Waals surface area (Å²) in [5.74, 6) is -1.24. The van der Waals surface area contributed by atoms with Gasteiger partial charge in [-0.1, -0.05) is 0 Å². The van der Waals surface area contributed by atoms with Gasteiger partial charge < -0.3 is 30.9 Å². The first-order chi connectivity index (χ1) is 11.6. The van der Waals surface area contributed by atoms with E-state index in [4.69, 9.17) is 10.5 Å². The van der Waals surface area contributed by atoms with Crippen LogP contribution in [0.5, 0.6) is 0 Å². The lowest BCUT2D eigenvalue weighted by molar-refractivity contribution is -0.228. The summed E-state index contributed by atoms with van der Waals surface area (Å²) >= 11 is 0. The van der Waals surface area contributed by atoms with Crippen molar-refractivity contribution in [2.24, 2.45) is 7.05 Å². The predicted molar refractivity (Wildman–Crippen MR) is 83.6 cm³/mol. The van der Waals surface area contributed by atoms with Crippen molar-refractivity contribution in [3.05, 3.63) is 20.8 Å². The van der Waals surface area contributed by atoms with Gasteiger partial charge in [0.2, 0.25) is 5.91 Å². The maximum atomic E-state index is 12.4. The summed E-state index contributed by atoms with van der Waals surface area (Å²) in [6, 6.07) is 0. The first-order valence-electron chi connectivity index (χ1n) is 7.30. The van der Waals surface area contributed by atoms with Gasteiger partial charge in [-0.25, -0.2) is 4.79 Å². The molecule has 0 bridgehead atoms. The number of amides is 1. The minimum atomic E-state index is -1.81. The highest BCUT2D eigenvalue weighted by Crippen LogP contribution is 2.28. The Bertz CT molecular complexity index is 772. The van der Waals surface area contributed by atoms with Gasteiger partial charge in [0.05, 0.1) is 6.61 Å². The molecule has 1 aromatic rings. The number of nitrogens with one attached hydrogen (secondary N) is 1. The van der Waals surface area contributed by atoms with Crippen molar-refractivity contribution in [2.75, 3.05) is 17.2 Å². The molecule has 0 aliphatic carbocycles. The molecule has 5 atom stereocenters. The van der Waals surface area contributed by atoms with E-state index < -0.39 is 65.9 Å². The van der Waals surface area contributed by atoms with Gasteiger partial charge in [-0.3, -0.25) is 24.0 Å². The molecule has 1 aromatic heterocycles. The minimum Gasteiger partial charge on any atom is -0.394 e. The van der Waals surface area contributed by atoms with Crippen LogP contribution in [0.2, 0.25) is 0 Å². The van der Waals surface area contributed by atoms with E-state index in [0.717, 1.165) is 14.0 Å². The number of hydrogen-bond acceptors (Lipinski definition) is 9. The minimum absolute atomic E-state index is 0.444. The molecule has 140 valence electrons. The van der Waals surface area contributed by atoms with Gasteiger partial charge in [-0.15, -0.1) is 0 Å². The molecule has 1 aliphatic rings. The van der Waals surface area contributed by atoms with Gasteiger partial charge in [-0.05, 0) is 0 Å². The fourth-order valence-corrected chi connectivity index (χ4v) is 2.62. The number of aliphatic hydroxyl groups is 4. The number of aromatic amines is 1. The second kappa shape index (κ2) is 6.93. The topological polar surface area (TPSA) is 191 Å². The first-order valence-corrected chi connectivity index (χ1v) is 7.30. The van der Waals surface area contributed by atoms with E-state index in [-0.39, 0.29) is 0 Å². The summed E-state index contributed by atoms with van der Waals surface area (Å²) in [5.41, 5.74) is 3.42. The first kappa shape index (κ1) is 19.1. The third kappa shape index (κ3) is 3.17. The lowest BCUT2D eigenvalue weighted by Crippen LogP contribution is -2.65. The number of nitrogens with zero attached hydrogens (tertiary/aromatic N) is 2. The van der Waals surface area contributed by atoms with Crippen LogP contribution in [-0.2, 0) is 16.6 Å². The molecule has 2 heterocycles. The molecule has 1 fully saturated rings. The second-order valence-electron chi connectivity index (χ2n) is 5.67. The Morgan fingerprint density at radius 2 is 1.88 bits per heavy atom. The monoisotopic (exact) mass is 360 g/mol. The van der Waals surface area contributed by atoms with E-state index in [1.807, 2.05) is 0 Å². The Hall–Kier alpha value is -2.25. The Kier molecular flexibility index (Phi) is 5.29. The Balaban J connectivity index is 2.60. The number of nitrogens with two attached hydrogens (primary N) is 1. The molecule has 12 heteroatoms. The van der Waals surface area contributed by atoms with Crippen LogP contribution in [0.3, 0.4) is 0 Å². The van der Waals surface area contributed by atoms with Crippen LogP contribution in [0, 0.1) is 0 Å². The zero-order valence-electron chi connectivity index (χ0n) is 13.5. The average molecular weight is 360 g/mol. The molecule has 1 saturated heterocycles. The average Bonchev–Trinajstić information content (AvgIpc) is 2.55. The third-order valence-electron chi connectivity index (χ3n) is 4.01. The van der Waals surface area contributed by atoms with E-state index >= 15 is 0 Å². The van der Waals surface area contributed by atoms with Crippen molar-refractivity contribution < 1.29 is 30.0 Å². The summed E-state index contributed by atoms with van der Waals surface area (Å²) < 4.78 is 5.95. The molecule has 2 rings (SSSR count). The smallest absolute Gasteiger partial charge is 0.329 e. The van der Waals surface area contributed by atoms with E-state index in [2.05, 4.69) is 4.98 Å². The lowest BCUT2D eigenvalue weighted by Gasteiger charge is -2.44. The molecule has 0 spiro atoms. The molecule has 7 N–H and O–H groups in total. The molecule has 1 amide bonds. The zero-order valence-corrected chi connectivity index (χ0v) is 13.5. The number of carbonyl (C=O) groups is 1. The normalized spacial score (nSPS) is 29.4. The SMILES string of the molecule is CC(=O)N(c1c(N)[nH]c(=O)n(C)c1=O)[C@@H]1O[C@@H](CO)[C@@H](O)[C@@H](O)[C@H]1O. The van der Waals surface area contributed by atoms with Gasteiger partial charge in [0.1, 0.15) is 30.2 Å². The van der Waals surface area contributed by atoms with Gasteiger partial charge in [0.15, 0.2) is 11.9 Å². The van der Waals surface area contributed by atoms with E-state index in [0.29, 0.717) is 9.47 Å². The summed E-state index contributed by atoms with van der Waals surface area (Å²) in [7, 11) is 1.15. The van der Waals surface area contributed by atoms with Crippen LogP contribution >= 0.6 is 0 Å². The van der Waals surface area contributed by atoms with Crippen molar-refractivity contribution in [2.45, 2.75) is 37.6 Å². The molecule has 0 aromatic carbocycles. The highest BCUT2D eigenvalue weighted by molar-refractivity contribution is 5.94. The third-order valence-corrected chi connectivity index (χ3v) is 4.01. The molecule has 0 saturated carbocycles. The molecular weight excluding hydrogens is 340 g/mol. The number of aliphatic hydroxyl groups excluding tert-OH is 4. The number of anilines is 2. The summed E-state index contributed by atoms with van der Waals surface area (Å²) in [5, 5.41) is 39.1. The summed E-state index contributed by atoms with van der Waals surface area (Å²) in [4.78, 5) is 38.9. The van der Waals surface area contributed by atoms with Crippen molar-refractivity contribution in [1.82, 2.24) is 9.55 Å². The van der Waals surface area contributed by atoms with Gasteiger partial charge in [0.25, 0.3) is 5.56 Å². The van der Waals surface area contributed by atoms with Gasteiger partial charge in [0, 0.05) is 14.0 Å². The molecule has 0 unspecified atom stereocenters.